The van der Waals surface area contributed by atoms with Crippen LogP contribution in [0.1, 0.15) is 95.7 Å². The van der Waals surface area contributed by atoms with Gasteiger partial charge in [-0.1, -0.05) is 55.5 Å². The first-order chi connectivity index (χ1) is 29.5. The first-order valence-electron chi connectivity index (χ1n) is 21.3. The van der Waals surface area contributed by atoms with E-state index in [9.17, 15) is 23.6 Å². The lowest BCUT2D eigenvalue weighted by Gasteiger charge is -2.29. The molecular weight excluding hydrogens is 778 g/mol. The number of nitrogens with one attached hydrogen (secondary N) is 2. The molecule has 0 unspecified atom stereocenters. The zero-order chi connectivity index (χ0) is 43.0. The molecule has 61 heavy (non-hydrogen) atoms. The van der Waals surface area contributed by atoms with Crippen molar-refractivity contribution in [1.82, 2.24) is 20.5 Å². The van der Waals surface area contributed by atoms with Gasteiger partial charge in [-0.25, -0.2) is 9.37 Å². The third kappa shape index (κ3) is 10.1. The number of unbranched alkanes of at least 4 members (excludes halogenated alkanes) is 2. The quantitative estimate of drug-likeness (QED) is 0.0635. The lowest BCUT2D eigenvalue weighted by Crippen LogP contribution is -2.37. The average molecular weight is 832 g/mol. The molecule has 4 aromatic rings. The molecule has 3 atom stereocenters. The van der Waals surface area contributed by atoms with Crippen LogP contribution in [-0.4, -0.2) is 79.6 Å². The van der Waals surface area contributed by atoms with Crippen LogP contribution in [-0.2, 0) is 22.4 Å². The van der Waals surface area contributed by atoms with E-state index in [0.29, 0.717) is 45.6 Å². The first kappa shape index (κ1) is 43.1. The molecule has 3 aliphatic rings. The van der Waals surface area contributed by atoms with E-state index in [4.69, 9.17) is 19.9 Å². The summed E-state index contributed by atoms with van der Waals surface area (Å²) in [5, 5.41) is 6.31. The number of aryl methyl sites for hydroxylation is 1. The Bertz CT molecular complexity index is 2350. The molecule has 0 radical (unpaired) electrons. The Balaban J connectivity index is 0.893. The fourth-order valence-electron chi connectivity index (χ4n) is 8.89. The summed E-state index contributed by atoms with van der Waals surface area (Å²) in [6, 6.07) is 16.1. The molecular formula is C48H54FN5O7. The van der Waals surface area contributed by atoms with E-state index in [0.717, 1.165) is 75.8 Å². The number of carbonyl (C=O) groups excluding carboxylic acids is 4. The minimum absolute atomic E-state index is 0.0361. The summed E-state index contributed by atoms with van der Waals surface area (Å²) in [6.45, 7) is 3.94. The van der Waals surface area contributed by atoms with Crippen LogP contribution in [0.15, 0.2) is 60.8 Å². The van der Waals surface area contributed by atoms with E-state index < -0.39 is 35.9 Å². The number of pyridine rings is 1. The van der Waals surface area contributed by atoms with Crippen LogP contribution in [0.3, 0.4) is 0 Å². The molecule has 1 saturated heterocycles. The monoisotopic (exact) mass is 831 g/mol. The van der Waals surface area contributed by atoms with Crippen molar-refractivity contribution in [3.63, 3.8) is 0 Å². The van der Waals surface area contributed by atoms with E-state index in [-0.39, 0.29) is 42.0 Å². The van der Waals surface area contributed by atoms with Crippen LogP contribution < -0.4 is 30.6 Å². The number of amides is 4. The van der Waals surface area contributed by atoms with Crippen molar-refractivity contribution in [3.05, 3.63) is 88.6 Å². The van der Waals surface area contributed by atoms with Gasteiger partial charge in [0.15, 0.2) is 6.17 Å². The van der Waals surface area contributed by atoms with Gasteiger partial charge in [-0.05, 0) is 106 Å². The number of carbonyl (C=O) groups is 4. The highest BCUT2D eigenvalue weighted by atomic mass is 19.1. The van der Waals surface area contributed by atoms with E-state index in [1.165, 1.54) is 7.11 Å². The topological polar surface area (TPSA) is 162 Å². The standard InChI is InChI=1S/C48H54FN5O7/c1-4-34-38(52-47(58)44(34)49)28-60-48-36-25-41(59-3)37(45(50)56)24-35(36)33(26-51-48)21-20-29-16-18-30(19-17-29)27-54(2)22-9-5-6-11-31-12-7-8-14-39(31)61-40-15-10-13-32-23-42(55)53-46(57)43(32)40/h7-8,10,12-15,24-26,29-30,34,38,44H,4-6,9,11,16-19,22-23,27-28H2,1-3H3,(H2,50,56)(H,52,58)(H,53,55,57)/t29-,30-,34-,38+,44-/m0/s1. The van der Waals surface area contributed by atoms with Crippen LogP contribution in [0.25, 0.3) is 10.8 Å². The number of ether oxygens (including phenoxy) is 3. The van der Waals surface area contributed by atoms with Gasteiger partial charge in [0.25, 0.3) is 17.7 Å². The van der Waals surface area contributed by atoms with Crippen molar-refractivity contribution in [2.24, 2.45) is 23.5 Å². The Labute approximate surface area is 356 Å². The highest BCUT2D eigenvalue weighted by molar-refractivity contribution is 6.11. The van der Waals surface area contributed by atoms with E-state index in [1.54, 1.807) is 30.5 Å². The number of hydrogen-bond acceptors (Lipinski definition) is 9. The van der Waals surface area contributed by atoms with Gasteiger partial charge in [-0.2, -0.15) is 0 Å². The number of imide groups is 1. The fraction of sp³-hybridized carbons (Fsp3) is 0.438. The number of primary amides is 1. The highest BCUT2D eigenvalue weighted by Gasteiger charge is 2.42. The third-order valence-corrected chi connectivity index (χ3v) is 12.2. The summed E-state index contributed by atoms with van der Waals surface area (Å²) < 4.78 is 32.3. The lowest BCUT2D eigenvalue weighted by atomic mass is 9.82. The van der Waals surface area contributed by atoms with Crippen molar-refractivity contribution >= 4 is 34.4 Å². The van der Waals surface area contributed by atoms with E-state index >= 15 is 0 Å². The second kappa shape index (κ2) is 19.6. The molecule has 2 aliphatic heterocycles. The van der Waals surface area contributed by atoms with Gasteiger partial charge in [-0.3, -0.25) is 24.5 Å². The molecule has 7 rings (SSSR count). The zero-order valence-electron chi connectivity index (χ0n) is 35.1. The minimum atomic E-state index is -1.58. The van der Waals surface area contributed by atoms with Gasteiger partial charge >= 0.3 is 0 Å². The van der Waals surface area contributed by atoms with Gasteiger partial charge in [0.05, 0.1) is 36.3 Å². The number of nitrogens with two attached hydrogens (primary N) is 1. The Kier molecular flexibility index (Phi) is 13.8. The third-order valence-electron chi connectivity index (χ3n) is 12.2. The number of para-hydroxylation sites is 1. The predicted molar refractivity (Wildman–Crippen MR) is 229 cm³/mol. The maximum absolute atomic E-state index is 14.4. The van der Waals surface area contributed by atoms with E-state index in [2.05, 4.69) is 45.5 Å². The van der Waals surface area contributed by atoms with Crippen LogP contribution in [0.5, 0.6) is 23.1 Å². The molecule has 3 aromatic carbocycles. The van der Waals surface area contributed by atoms with Crippen molar-refractivity contribution in [2.45, 2.75) is 83.3 Å². The Morgan fingerprint density at radius 2 is 1.77 bits per heavy atom. The molecule has 1 aromatic heterocycles. The average Bonchev–Trinajstić information content (AvgIpc) is 3.53. The highest BCUT2D eigenvalue weighted by Crippen LogP contribution is 2.35. The van der Waals surface area contributed by atoms with Crippen LogP contribution in [0, 0.1) is 29.6 Å². The molecule has 1 saturated carbocycles. The molecule has 1 aliphatic carbocycles. The first-order valence-corrected chi connectivity index (χ1v) is 21.3. The molecule has 4 N–H and O–H groups in total. The Morgan fingerprint density at radius 3 is 2.54 bits per heavy atom. The van der Waals surface area contributed by atoms with Gasteiger partial charge in [0.1, 0.15) is 23.9 Å². The summed E-state index contributed by atoms with van der Waals surface area (Å²) in [5.74, 6) is 6.87. The predicted octanol–water partition coefficient (Wildman–Crippen LogP) is 6.69. The fourth-order valence-corrected chi connectivity index (χ4v) is 8.89. The molecule has 3 heterocycles. The normalized spacial score (nSPS) is 21.0. The summed E-state index contributed by atoms with van der Waals surface area (Å²) in [7, 11) is 3.65. The largest absolute Gasteiger partial charge is 0.496 e. The SMILES string of the molecule is CC[C@@H]1[C@H](F)C(=O)N[C@@H]1COc1ncc(C#C[C@H]2CC[C@H](CN(C)CCCCCc3ccccc3Oc3cccc4c3C(=O)NC(=O)C4)CC2)c2cc(C(N)=O)c(OC)cc12. The van der Waals surface area contributed by atoms with Crippen molar-refractivity contribution in [2.75, 3.05) is 33.9 Å². The molecule has 320 valence electrons. The summed E-state index contributed by atoms with van der Waals surface area (Å²) in [4.78, 5) is 55.9. The Morgan fingerprint density at radius 1 is 0.984 bits per heavy atom. The number of alkyl halides is 1. The number of methoxy groups -OCH3 is 1. The maximum Gasteiger partial charge on any atom is 0.261 e. The van der Waals surface area contributed by atoms with E-state index in [1.807, 2.05) is 31.2 Å². The number of hydrogen-bond donors (Lipinski definition) is 3. The van der Waals surface area contributed by atoms with Crippen molar-refractivity contribution < 1.29 is 37.8 Å². The number of aromatic nitrogens is 1. The Hall–Kier alpha value is -6.00. The van der Waals surface area contributed by atoms with Gasteiger partial charge in [-0.15, -0.1) is 0 Å². The number of rotatable bonds is 16. The number of fused-ring (bicyclic) bond motifs is 2. The minimum Gasteiger partial charge on any atom is -0.496 e. The van der Waals surface area contributed by atoms with Crippen LogP contribution in [0.4, 0.5) is 4.39 Å². The van der Waals surface area contributed by atoms with Gasteiger partial charge in [0.2, 0.25) is 11.8 Å². The molecule has 4 amide bonds. The number of nitrogens with zero attached hydrogens (tertiary/aromatic N) is 2. The molecule has 2 fully saturated rings. The van der Waals surface area contributed by atoms with Gasteiger partial charge in [0, 0.05) is 35.3 Å². The zero-order valence-corrected chi connectivity index (χ0v) is 35.1. The van der Waals surface area contributed by atoms with Crippen molar-refractivity contribution in [1.29, 1.82) is 0 Å². The second-order valence-corrected chi connectivity index (χ2v) is 16.5. The second-order valence-electron chi connectivity index (χ2n) is 16.5. The molecule has 0 bridgehead atoms. The van der Waals surface area contributed by atoms with Crippen LogP contribution in [0.2, 0.25) is 0 Å². The van der Waals surface area contributed by atoms with Gasteiger partial charge < -0.3 is 30.2 Å². The smallest absolute Gasteiger partial charge is 0.261 e. The molecule has 13 heteroatoms. The number of benzene rings is 3. The maximum atomic E-state index is 14.4. The molecule has 12 nitrogen and oxygen atoms in total. The summed E-state index contributed by atoms with van der Waals surface area (Å²) in [5.41, 5.74) is 8.75. The number of halogens is 1. The summed E-state index contributed by atoms with van der Waals surface area (Å²) in [6.07, 6.45) is 8.90. The van der Waals surface area contributed by atoms with Crippen LogP contribution >= 0.6 is 0 Å². The lowest BCUT2D eigenvalue weighted by molar-refractivity contribution is -0.124. The molecule has 0 spiro atoms. The van der Waals surface area contributed by atoms with Crippen molar-refractivity contribution in [3.8, 4) is 35.0 Å². The summed E-state index contributed by atoms with van der Waals surface area (Å²) >= 11 is 0.